The van der Waals surface area contributed by atoms with Gasteiger partial charge in [0.2, 0.25) is 5.91 Å². The number of nitrogens with one attached hydrogen (secondary N) is 1. The highest BCUT2D eigenvalue weighted by molar-refractivity contribution is 7.16. The molecule has 2 rings (SSSR count). The molecule has 19 heavy (non-hydrogen) atoms. The van der Waals surface area contributed by atoms with E-state index in [9.17, 15) is 4.79 Å². The number of nitrogens with two attached hydrogens (primary N) is 1. The van der Waals surface area contributed by atoms with Gasteiger partial charge in [-0.05, 0) is 25.0 Å². The first-order chi connectivity index (χ1) is 9.08. The molecule has 1 saturated carbocycles. The molecule has 7 heteroatoms. The molecule has 1 aliphatic carbocycles. The molecule has 1 aromatic heterocycles. The molecule has 0 spiro atoms. The van der Waals surface area contributed by atoms with E-state index >= 15 is 0 Å². The Bertz CT molecular complexity index is 495. The first-order valence-corrected chi connectivity index (χ1v) is 7.28. The van der Waals surface area contributed by atoms with Gasteiger partial charge in [-0.1, -0.05) is 29.6 Å². The molecule has 1 amide bonds. The average molecular weight is 302 g/mol. The summed E-state index contributed by atoms with van der Waals surface area (Å²) < 4.78 is 0.691. The quantitative estimate of drug-likeness (QED) is 0.345. The number of nitrogens with zero attached hydrogens (tertiary/aromatic N) is 1. The summed E-state index contributed by atoms with van der Waals surface area (Å²) in [7, 11) is 0. The number of thiophene rings is 1. The van der Waals surface area contributed by atoms with Crippen LogP contribution in [-0.2, 0) is 11.3 Å². The zero-order valence-corrected chi connectivity index (χ0v) is 11.9. The summed E-state index contributed by atoms with van der Waals surface area (Å²) in [5.74, 6) is -0.170. The molecular formula is C12H16ClN3O2S. The molecule has 0 atom stereocenters. The Balaban J connectivity index is 2.04. The molecule has 4 N–H and O–H groups in total. The number of hydrogen-bond acceptors (Lipinski definition) is 4. The number of rotatable bonds is 4. The smallest absolute Gasteiger partial charge is 0.234 e. The van der Waals surface area contributed by atoms with E-state index < -0.39 is 5.41 Å². The first-order valence-electron chi connectivity index (χ1n) is 6.09. The monoisotopic (exact) mass is 301 g/mol. The van der Waals surface area contributed by atoms with E-state index in [1.807, 2.05) is 6.07 Å². The second-order valence-electron chi connectivity index (χ2n) is 4.66. The van der Waals surface area contributed by atoms with Crippen LogP contribution in [0.15, 0.2) is 17.3 Å². The highest BCUT2D eigenvalue weighted by Crippen LogP contribution is 2.38. The van der Waals surface area contributed by atoms with Crippen molar-refractivity contribution in [3.05, 3.63) is 21.3 Å². The van der Waals surface area contributed by atoms with Gasteiger partial charge >= 0.3 is 0 Å². The van der Waals surface area contributed by atoms with E-state index in [0.29, 0.717) is 23.7 Å². The lowest BCUT2D eigenvalue weighted by Gasteiger charge is -2.25. The van der Waals surface area contributed by atoms with Crippen LogP contribution in [0.1, 0.15) is 30.6 Å². The lowest BCUT2D eigenvalue weighted by Crippen LogP contribution is -2.47. The minimum atomic E-state index is -0.851. The minimum absolute atomic E-state index is 0.00621. The van der Waals surface area contributed by atoms with Gasteiger partial charge in [0, 0.05) is 4.88 Å². The molecule has 0 aromatic carbocycles. The number of oxime groups is 1. The van der Waals surface area contributed by atoms with Gasteiger partial charge in [0.05, 0.1) is 10.9 Å². The lowest BCUT2D eigenvalue weighted by molar-refractivity contribution is -0.127. The second-order valence-corrected chi connectivity index (χ2v) is 6.46. The molecule has 1 aliphatic rings. The van der Waals surface area contributed by atoms with Crippen LogP contribution in [-0.4, -0.2) is 17.0 Å². The second kappa shape index (κ2) is 5.79. The van der Waals surface area contributed by atoms with Crippen molar-refractivity contribution in [3.63, 3.8) is 0 Å². The Hall–Kier alpha value is -1.27. The normalized spacial score (nSPS) is 18.5. The van der Waals surface area contributed by atoms with Crippen LogP contribution >= 0.6 is 22.9 Å². The number of amidine groups is 1. The Labute approximate surface area is 120 Å². The topological polar surface area (TPSA) is 87.7 Å². The molecule has 5 nitrogen and oxygen atoms in total. The number of halogens is 1. The fourth-order valence-electron chi connectivity index (χ4n) is 2.46. The van der Waals surface area contributed by atoms with Crippen molar-refractivity contribution in [1.82, 2.24) is 5.32 Å². The average Bonchev–Trinajstić information content (AvgIpc) is 3.04. The predicted octanol–water partition coefficient (Wildman–Crippen LogP) is 2.32. The largest absolute Gasteiger partial charge is 0.409 e. The first kappa shape index (κ1) is 14.1. The van der Waals surface area contributed by atoms with E-state index in [1.54, 1.807) is 6.07 Å². The summed E-state index contributed by atoms with van der Waals surface area (Å²) >= 11 is 7.26. The number of amides is 1. The Morgan fingerprint density at radius 2 is 2.21 bits per heavy atom. The van der Waals surface area contributed by atoms with Crippen LogP contribution in [0.2, 0.25) is 4.34 Å². The van der Waals surface area contributed by atoms with Gasteiger partial charge in [0.15, 0.2) is 5.84 Å². The zero-order chi connectivity index (χ0) is 13.9. The van der Waals surface area contributed by atoms with E-state index in [2.05, 4.69) is 10.5 Å². The van der Waals surface area contributed by atoms with Crippen molar-refractivity contribution in [2.75, 3.05) is 0 Å². The van der Waals surface area contributed by atoms with Gasteiger partial charge in [0.25, 0.3) is 0 Å². The van der Waals surface area contributed by atoms with Crippen LogP contribution in [0.3, 0.4) is 0 Å². The summed E-state index contributed by atoms with van der Waals surface area (Å²) in [6.45, 7) is 0.413. The summed E-state index contributed by atoms with van der Waals surface area (Å²) in [6, 6.07) is 3.67. The fourth-order valence-corrected chi connectivity index (χ4v) is 3.48. The van der Waals surface area contributed by atoms with Crippen LogP contribution < -0.4 is 11.1 Å². The van der Waals surface area contributed by atoms with E-state index in [-0.39, 0.29) is 11.7 Å². The van der Waals surface area contributed by atoms with E-state index in [4.69, 9.17) is 22.5 Å². The standard InChI is InChI=1S/C12H16ClN3O2S/c13-9-4-3-8(19-9)7-15-11(17)12(10(14)16-18)5-1-2-6-12/h3-4,18H,1-2,5-7H2,(H2,14,16)(H,15,17). The molecular weight excluding hydrogens is 286 g/mol. The third-order valence-electron chi connectivity index (χ3n) is 3.54. The number of carbonyl (C=O) groups excluding carboxylic acids is 1. The van der Waals surface area contributed by atoms with Crippen molar-refractivity contribution < 1.29 is 10.0 Å². The van der Waals surface area contributed by atoms with E-state index in [0.717, 1.165) is 17.7 Å². The van der Waals surface area contributed by atoms with Gasteiger partial charge in [-0.3, -0.25) is 4.79 Å². The molecule has 1 fully saturated rings. The maximum absolute atomic E-state index is 12.3. The summed E-state index contributed by atoms with van der Waals surface area (Å²) in [4.78, 5) is 13.3. The van der Waals surface area contributed by atoms with Crippen LogP contribution in [0, 0.1) is 5.41 Å². The number of carbonyl (C=O) groups is 1. The SMILES string of the molecule is NC(=NO)C1(C(=O)NCc2ccc(Cl)s2)CCCC1. The molecule has 0 saturated heterocycles. The molecule has 0 unspecified atom stereocenters. The maximum atomic E-state index is 12.3. The molecule has 0 bridgehead atoms. The molecule has 0 aliphatic heterocycles. The summed E-state index contributed by atoms with van der Waals surface area (Å²) in [5, 5.41) is 14.8. The summed E-state index contributed by atoms with van der Waals surface area (Å²) in [5.41, 5.74) is 4.86. The molecule has 1 heterocycles. The maximum Gasteiger partial charge on any atom is 0.234 e. The van der Waals surface area contributed by atoms with Crippen molar-refractivity contribution in [2.45, 2.75) is 32.2 Å². The van der Waals surface area contributed by atoms with Gasteiger partial charge in [-0.25, -0.2) is 0 Å². The molecule has 104 valence electrons. The van der Waals surface area contributed by atoms with Gasteiger partial charge < -0.3 is 16.3 Å². The Kier molecular flexibility index (Phi) is 4.31. The third-order valence-corrected chi connectivity index (χ3v) is 4.77. The predicted molar refractivity (Wildman–Crippen MR) is 75.5 cm³/mol. The van der Waals surface area contributed by atoms with Crippen molar-refractivity contribution in [1.29, 1.82) is 0 Å². The van der Waals surface area contributed by atoms with Gasteiger partial charge in [0.1, 0.15) is 5.41 Å². The Morgan fingerprint density at radius 3 is 2.74 bits per heavy atom. The molecule has 0 radical (unpaired) electrons. The molecule has 1 aromatic rings. The van der Waals surface area contributed by atoms with Crippen molar-refractivity contribution in [2.24, 2.45) is 16.3 Å². The Morgan fingerprint density at radius 1 is 1.53 bits per heavy atom. The zero-order valence-electron chi connectivity index (χ0n) is 10.4. The minimum Gasteiger partial charge on any atom is -0.409 e. The van der Waals surface area contributed by atoms with Crippen LogP contribution in [0.5, 0.6) is 0 Å². The number of hydrogen-bond donors (Lipinski definition) is 3. The summed E-state index contributed by atoms with van der Waals surface area (Å²) in [6.07, 6.45) is 3.07. The van der Waals surface area contributed by atoms with Crippen molar-refractivity contribution >= 4 is 34.7 Å². The van der Waals surface area contributed by atoms with Crippen LogP contribution in [0.4, 0.5) is 0 Å². The highest BCUT2D eigenvalue weighted by atomic mass is 35.5. The third kappa shape index (κ3) is 2.84. The van der Waals surface area contributed by atoms with Gasteiger partial charge in [-0.2, -0.15) is 0 Å². The lowest BCUT2D eigenvalue weighted by atomic mass is 9.84. The fraction of sp³-hybridized carbons (Fsp3) is 0.500. The van der Waals surface area contributed by atoms with Gasteiger partial charge in [-0.15, -0.1) is 11.3 Å². The van der Waals surface area contributed by atoms with Crippen molar-refractivity contribution in [3.8, 4) is 0 Å². The highest BCUT2D eigenvalue weighted by Gasteiger charge is 2.45. The van der Waals surface area contributed by atoms with E-state index in [1.165, 1.54) is 11.3 Å². The van der Waals surface area contributed by atoms with Crippen LogP contribution in [0.25, 0.3) is 0 Å².